The molecule has 0 spiro atoms. The van der Waals surface area contributed by atoms with Crippen LogP contribution in [0.2, 0.25) is 0 Å². The molecular weight excluding hydrogens is 272 g/mol. The minimum absolute atomic E-state index is 0.646. The van der Waals surface area contributed by atoms with Crippen LogP contribution in [-0.4, -0.2) is 30.1 Å². The standard InChI is InChI=1S/C19H24N2O/c1-22-13-6-7-17-16(10-13)15-8-9-21-11-12-4-2-3-5-14(12)19(21)18(15)20-17/h6-7,10,12,14,19-20H,2-5,8-9,11H2,1H3/t12-,14+,19+/m1/s1. The summed E-state index contributed by atoms with van der Waals surface area (Å²) in [4.78, 5) is 6.53. The smallest absolute Gasteiger partial charge is 0.119 e. The number of aromatic amines is 1. The number of rotatable bonds is 1. The molecule has 116 valence electrons. The van der Waals surface area contributed by atoms with Gasteiger partial charge in [0.25, 0.3) is 0 Å². The summed E-state index contributed by atoms with van der Waals surface area (Å²) >= 11 is 0. The first kappa shape index (κ1) is 13.0. The summed E-state index contributed by atoms with van der Waals surface area (Å²) < 4.78 is 5.43. The van der Waals surface area contributed by atoms with E-state index in [2.05, 4.69) is 28.1 Å². The monoisotopic (exact) mass is 296 g/mol. The molecule has 2 aliphatic heterocycles. The van der Waals surface area contributed by atoms with Crippen LogP contribution in [0.3, 0.4) is 0 Å². The minimum atomic E-state index is 0.646. The van der Waals surface area contributed by atoms with Gasteiger partial charge in [0.05, 0.1) is 13.2 Å². The number of hydrogen-bond donors (Lipinski definition) is 1. The van der Waals surface area contributed by atoms with Gasteiger partial charge in [-0.15, -0.1) is 0 Å². The van der Waals surface area contributed by atoms with Crippen LogP contribution in [0.15, 0.2) is 18.2 Å². The van der Waals surface area contributed by atoms with Crippen molar-refractivity contribution in [2.75, 3.05) is 20.2 Å². The Bertz CT molecular complexity index is 720. The molecule has 1 aliphatic carbocycles. The van der Waals surface area contributed by atoms with Crippen LogP contribution >= 0.6 is 0 Å². The van der Waals surface area contributed by atoms with Crippen molar-refractivity contribution in [2.24, 2.45) is 11.8 Å². The van der Waals surface area contributed by atoms with Crippen molar-refractivity contribution < 1.29 is 4.74 Å². The van der Waals surface area contributed by atoms with Crippen molar-refractivity contribution in [2.45, 2.75) is 38.1 Å². The Kier molecular flexibility index (Phi) is 2.81. The lowest BCUT2D eigenvalue weighted by Gasteiger charge is -2.34. The third kappa shape index (κ3) is 1.72. The molecule has 1 aromatic carbocycles. The Balaban J connectivity index is 1.64. The predicted molar refractivity (Wildman–Crippen MR) is 88.3 cm³/mol. The first-order valence-corrected chi connectivity index (χ1v) is 8.77. The molecular formula is C19H24N2O. The van der Waals surface area contributed by atoms with Gasteiger partial charge in [0.15, 0.2) is 0 Å². The minimum Gasteiger partial charge on any atom is -0.497 e. The van der Waals surface area contributed by atoms with Gasteiger partial charge in [0, 0.05) is 29.7 Å². The number of fused-ring (bicyclic) bond motifs is 7. The van der Waals surface area contributed by atoms with Crippen LogP contribution in [0.5, 0.6) is 5.75 Å². The molecule has 2 fully saturated rings. The number of nitrogens with one attached hydrogen (secondary N) is 1. The predicted octanol–water partition coefficient (Wildman–Crippen LogP) is 3.90. The van der Waals surface area contributed by atoms with E-state index in [0.717, 1.165) is 17.6 Å². The first-order valence-electron chi connectivity index (χ1n) is 8.77. The zero-order valence-electron chi connectivity index (χ0n) is 13.3. The van der Waals surface area contributed by atoms with Gasteiger partial charge in [-0.3, -0.25) is 4.90 Å². The van der Waals surface area contributed by atoms with Crippen molar-refractivity contribution in [1.29, 1.82) is 0 Å². The molecule has 22 heavy (non-hydrogen) atoms. The van der Waals surface area contributed by atoms with E-state index >= 15 is 0 Å². The molecule has 3 atom stereocenters. The number of ether oxygens (including phenoxy) is 1. The normalized spacial score (nSPS) is 30.9. The molecule has 0 unspecified atom stereocenters. The first-order chi connectivity index (χ1) is 10.8. The number of methoxy groups -OCH3 is 1. The number of hydrogen-bond acceptors (Lipinski definition) is 2. The van der Waals surface area contributed by atoms with Gasteiger partial charge in [0.1, 0.15) is 5.75 Å². The average Bonchev–Trinajstić information content (AvgIpc) is 3.11. The number of benzene rings is 1. The van der Waals surface area contributed by atoms with Crippen molar-refractivity contribution >= 4 is 10.9 Å². The Morgan fingerprint density at radius 1 is 1.23 bits per heavy atom. The highest BCUT2D eigenvalue weighted by Crippen LogP contribution is 2.51. The summed E-state index contributed by atoms with van der Waals surface area (Å²) in [5, 5.41) is 1.38. The molecule has 1 aromatic heterocycles. The van der Waals surface area contributed by atoms with Gasteiger partial charge in [-0.1, -0.05) is 12.8 Å². The van der Waals surface area contributed by atoms with Gasteiger partial charge in [0.2, 0.25) is 0 Å². The van der Waals surface area contributed by atoms with Gasteiger partial charge in [-0.2, -0.15) is 0 Å². The fourth-order valence-corrected chi connectivity index (χ4v) is 5.34. The molecule has 3 aliphatic rings. The molecule has 0 radical (unpaired) electrons. The topological polar surface area (TPSA) is 28.3 Å². The quantitative estimate of drug-likeness (QED) is 0.864. The molecule has 1 saturated carbocycles. The highest BCUT2D eigenvalue weighted by molar-refractivity contribution is 5.86. The van der Waals surface area contributed by atoms with E-state index in [-0.39, 0.29) is 0 Å². The lowest BCUT2D eigenvalue weighted by Crippen LogP contribution is -2.32. The van der Waals surface area contributed by atoms with E-state index < -0.39 is 0 Å². The molecule has 0 amide bonds. The molecule has 3 nitrogen and oxygen atoms in total. The number of H-pyrrole nitrogens is 1. The molecule has 0 bridgehead atoms. The lowest BCUT2D eigenvalue weighted by molar-refractivity contribution is 0.198. The summed E-state index contributed by atoms with van der Waals surface area (Å²) in [5.41, 5.74) is 4.36. The zero-order valence-corrected chi connectivity index (χ0v) is 13.3. The fourth-order valence-electron chi connectivity index (χ4n) is 5.34. The highest BCUT2D eigenvalue weighted by Gasteiger charge is 2.46. The summed E-state index contributed by atoms with van der Waals surface area (Å²) in [5.74, 6) is 2.78. The summed E-state index contributed by atoms with van der Waals surface area (Å²) in [6.45, 7) is 2.56. The van der Waals surface area contributed by atoms with Crippen LogP contribution in [0.25, 0.3) is 10.9 Å². The largest absolute Gasteiger partial charge is 0.497 e. The van der Waals surface area contributed by atoms with E-state index in [1.54, 1.807) is 12.7 Å². The molecule has 2 aromatic rings. The van der Waals surface area contributed by atoms with Gasteiger partial charge >= 0.3 is 0 Å². The molecule has 3 heterocycles. The maximum Gasteiger partial charge on any atom is 0.119 e. The third-order valence-corrected chi connectivity index (χ3v) is 6.33. The number of nitrogens with zero attached hydrogens (tertiary/aromatic N) is 1. The highest BCUT2D eigenvalue weighted by atomic mass is 16.5. The summed E-state index contributed by atoms with van der Waals surface area (Å²) in [7, 11) is 1.76. The second-order valence-electron chi connectivity index (χ2n) is 7.33. The van der Waals surface area contributed by atoms with Crippen molar-refractivity contribution in [3.05, 3.63) is 29.5 Å². The average molecular weight is 296 g/mol. The summed E-state index contributed by atoms with van der Waals surface area (Å²) in [6.07, 6.45) is 6.91. The second kappa shape index (κ2) is 4.76. The molecule has 3 heteroatoms. The van der Waals surface area contributed by atoms with E-state index in [0.29, 0.717) is 6.04 Å². The van der Waals surface area contributed by atoms with Crippen molar-refractivity contribution in [3.63, 3.8) is 0 Å². The molecule has 5 rings (SSSR count). The Morgan fingerprint density at radius 2 is 2.14 bits per heavy atom. The maximum absolute atomic E-state index is 5.43. The third-order valence-electron chi connectivity index (χ3n) is 6.33. The van der Waals surface area contributed by atoms with Crippen LogP contribution in [0.1, 0.15) is 43.0 Å². The van der Waals surface area contributed by atoms with Crippen LogP contribution < -0.4 is 4.74 Å². The van der Waals surface area contributed by atoms with Crippen LogP contribution in [0, 0.1) is 11.8 Å². The Hall–Kier alpha value is -1.48. The maximum atomic E-state index is 5.43. The Morgan fingerprint density at radius 3 is 3.05 bits per heavy atom. The zero-order chi connectivity index (χ0) is 14.7. The SMILES string of the molecule is COc1ccc2[nH]c3c(c2c1)CCN1C[C@H]2CCCC[C@@H]2[C@@H]31. The van der Waals surface area contributed by atoms with E-state index in [1.165, 1.54) is 61.8 Å². The van der Waals surface area contributed by atoms with Crippen LogP contribution in [0.4, 0.5) is 0 Å². The van der Waals surface area contributed by atoms with Crippen molar-refractivity contribution in [3.8, 4) is 5.75 Å². The molecule has 1 saturated heterocycles. The Labute approximate surface area is 131 Å². The summed E-state index contributed by atoms with van der Waals surface area (Å²) in [6, 6.07) is 7.12. The number of aromatic nitrogens is 1. The van der Waals surface area contributed by atoms with E-state index in [1.807, 2.05) is 0 Å². The van der Waals surface area contributed by atoms with Gasteiger partial charge < -0.3 is 9.72 Å². The molecule has 1 N–H and O–H groups in total. The van der Waals surface area contributed by atoms with Gasteiger partial charge in [-0.05, 0) is 54.9 Å². The van der Waals surface area contributed by atoms with Crippen molar-refractivity contribution in [1.82, 2.24) is 9.88 Å². The lowest BCUT2D eigenvalue weighted by atomic mass is 9.77. The van der Waals surface area contributed by atoms with E-state index in [4.69, 9.17) is 4.74 Å². The second-order valence-corrected chi connectivity index (χ2v) is 7.33. The van der Waals surface area contributed by atoms with Crippen LogP contribution in [-0.2, 0) is 6.42 Å². The fraction of sp³-hybridized carbons (Fsp3) is 0.579. The van der Waals surface area contributed by atoms with Gasteiger partial charge in [-0.25, -0.2) is 0 Å². The van der Waals surface area contributed by atoms with E-state index in [9.17, 15) is 0 Å².